The van der Waals surface area contributed by atoms with Gasteiger partial charge in [0.15, 0.2) is 0 Å². The van der Waals surface area contributed by atoms with E-state index in [1.807, 2.05) is 100 Å². The van der Waals surface area contributed by atoms with E-state index in [9.17, 15) is 4.79 Å². The number of carbonyl (C=O) groups excluding carboxylic acids is 1. The molecule has 2 aliphatic heterocycles. The van der Waals surface area contributed by atoms with E-state index in [1.165, 1.54) is 0 Å². The first-order valence-corrected chi connectivity index (χ1v) is 12.9. The summed E-state index contributed by atoms with van der Waals surface area (Å²) in [6.45, 7) is 9.45. The summed E-state index contributed by atoms with van der Waals surface area (Å²) in [7, 11) is 0. The van der Waals surface area contributed by atoms with Crippen LogP contribution in [0.25, 0.3) is 5.57 Å². The van der Waals surface area contributed by atoms with Gasteiger partial charge >= 0.3 is 6.09 Å². The lowest BCUT2D eigenvalue weighted by molar-refractivity contribution is 0.0285. The van der Waals surface area contributed by atoms with Gasteiger partial charge in [0.25, 0.3) is 0 Å². The van der Waals surface area contributed by atoms with Gasteiger partial charge in [-0.1, -0.05) is 88.4 Å². The maximum Gasteiger partial charge on any atom is 0.410 e. The number of nitrogen functional groups attached to an aromatic ring is 1. The highest BCUT2D eigenvalue weighted by Crippen LogP contribution is 2.43. The van der Waals surface area contributed by atoms with Gasteiger partial charge in [0, 0.05) is 37.2 Å². The fourth-order valence-electron chi connectivity index (χ4n) is 4.39. The first kappa shape index (κ1) is 26.9. The van der Waals surface area contributed by atoms with Crippen molar-refractivity contribution < 1.29 is 14.3 Å². The molecule has 36 heavy (non-hydrogen) atoms. The van der Waals surface area contributed by atoms with Crippen LogP contribution in [0.4, 0.5) is 10.5 Å². The fraction of sp³-hybridized carbons (Fsp3) is 0.323. The third kappa shape index (κ3) is 6.28. The first-order valence-electron chi connectivity index (χ1n) is 12.9. The summed E-state index contributed by atoms with van der Waals surface area (Å²) in [5.74, 6) is 0.877. The molecule has 0 atom stereocenters. The van der Waals surface area contributed by atoms with Crippen LogP contribution in [-0.2, 0) is 11.3 Å². The number of hydrogen-bond donors (Lipinski definition) is 1. The number of nitrogens with two attached hydrogens (primary N) is 1. The molecule has 0 saturated carbocycles. The smallest absolute Gasteiger partial charge is 0.410 e. The summed E-state index contributed by atoms with van der Waals surface area (Å²) in [6, 6.07) is 25.8. The van der Waals surface area contributed by atoms with Gasteiger partial charge in [0.05, 0.1) is 0 Å². The SMILES string of the molecule is CC.CC.Nc1ccc(C2=CC3(CCN(C(=O)OCc4ccccc4)CC3)Oc3ccccc32)cc1. The van der Waals surface area contributed by atoms with Crippen LogP contribution in [0.5, 0.6) is 5.75 Å². The molecule has 0 aliphatic carbocycles. The molecule has 1 spiro atoms. The van der Waals surface area contributed by atoms with Crippen molar-refractivity contribution in [2.45, 2.75) is 52.7 Å². The summed E-state index contributed by atoms with van der Waals surface area (Å²) in [5, 5.41) is 0. The standard InChI is InChI=1S/C27H26N2O3.2C2H6/c28-22-12-10-21(11-13-22)24-18-27(32-25-9-5-4-8-23(24)25)14-16-29(17-15-27)26(30)31-19-20-6-2-1-3-7-20;2*1-2/h1-13,18H,14-17,19,28H2;2*1-2H3. The van der Waals surface area contributed by atoms with Crippen LogP contribution in [0, 0.1) is 0 Å². The Bertz CT molecular complexity index is 1130. The number of fused-ring (bicyclic) bond motifs is 1. The minimum absolute atomic E-state index is 0.275. The van der Waals surface area contributed by atoms with Crippen molar-refractivity contribution in [2.75, 3.05) is 18.8 Å². The third-order valence-corrected chi connectivity index (χ3v) is 6.19. The lowest BCUT2D eigenvalue weighted by Gasteiger charge is -2.42. The molecule has 0 radical (unpaired) electrons. The quantitative estimate of drug-likeness (QED) is 0.394. The number of ether oxygens (including phenoxy) is 2. The van der Waals surface area contributed by atoms with Gasteiger partial charge in [-0.15, -0.1) is 0 Å². The average molecular weight is 487 g/mol. The van der Waals surface area contributed by atoms with E-state index in [-0.39, 0.29) is 12.7 Å². The largest absolute Gasteiger partial charge is 0.482 e. The van der Waals surface area contributed by atoms with Gasteiger partial charge in [-0.05, 0) is 41.0 Å². The number of piperidine rings is 1. The van der Waals surface area contributed by atoms with Gasteiger partial charge in [-0.2, -0.15) is 0 Å². The molecule has 5 heteroatoms. The number of amides is 1. The molecule has 5 nitrogen and oxygen atoms in total. The molecule has 1 amide bonds. The summed E-state index contributed by atoms with van der Waals surface area (Å²) in [5.41, 5.74) is 10.5. The summed E-state index contributed by atoms with van der Waals surface area (Å²) in [4.78, 5) is 14.4. The molecule has 1 saturated heterocycles. The Morgan fingerprint density at radius 2 is 1.50 bits per heavy atom. The van der Waals surface area contributed by atoms with Crippen LogP contribution in [0.3, 0.4) is 0 Å². The van der Waals surface area contributed by atoms with Crippen molar-refractivity contribution in [3.05, 3.63) is 102 Å². The molecular weight excluding hydrogens is 448 g/mol. The topological polar surface area (TPSA) is 64.8 Å². The third-order valence-electron chi connectivity index (χ3n) is 6.19. The van der Waals surface area contributed by atoms with Gasteiger partial charge in [-0.3, -0.25) is 0 Å². The van der Waals surface area contributed by atoms with Crippen molar-refractivity contribution in [2.24, 2.45) is 0 Å². The number of para-hydroxylation sites is 1. The minimum atomic E-state index is -0.443. The Morgan fingerprint density at radius 3 is 2.17 bits per heavy atom. The van der Waals surface area contributed by atoms with E-state index in [1.54, 1.807) is 4.90 Å². The van der Waals surface area contributed by atoms with E-state index in [0.717, 1.165) is 33.7 Å². The lowest BCUT2D eigenvalue weighted by Crippen LogP contribution is -2.49. The van der Waals surface area contributed by atoms with Crippen LogP contribution < -0.4 is 10.5 Å². The van der Waals surface area contributed by atoms with Crippen LogP contribution >= 0.6 is 0 Å². The highest BCUT2D eigenvalue weighted by Gasteiger charge is 2.40. The molecule has 3 aromatic rings. The Kier molecular flexibility index (Phi) is 9.57. The Labute approximate surface area is 215 Å². The second-order valence-electron chi connectivity index (χ2n) is 8.37. The Hall–Kier alpha value is -3.73. The van der Waals surface area contributed by atoms with Gasteiger partial charge in [0.1, 0.15) is 18.0 Å². The second kappa shape index (κ2) is 12.8. The van der Waals surface area contributed by atoms with E-state index in [4.69, 9.17) is 15.2 Å². The van der Waals surface area contributed by atoms with E-state index in [2.05, 4.69) is 12.1 Å². The van der Waals surface area contributed by atoms with Crippen molar-refractivity contribution in [3.8, 4) is 5.75 Å². The molecule has 1 fully saturated rings. The molecule has 5 rings (SSSR count). The number of hydrogen-bond acceptors (Lipinski definition) is 4. The highest BCUT2D eigenvalue weighted by molar-refractivity contribution is 5.85. The maximum absolute atomic E-state index is 12.6. The molecule has 3 aromatic carbocycles. The van der Waals surface area contributed by atoms with Gasteiger partial charge < -0.3 is 20.1 Å². The predicted octanol–water partition coefficient (Wildman–Crippen LogP) is 7.32. The van der Waals surface area contributed by atoms with E-state index < -0.39 is 5.60 Å². The van der Waals surface area contributed by atoms with Crippen molar-refractivity contribution in [1.82, 2.24) is 4.90 Å². The molecule has 2 N–H and O–H groups in total. The molecule has 2 aliphatic rings. The Morgan fingerprint density at radius 1 is 0.889 bits per heavy atom. The zero-order valence-corrected chi connectivity index (χ0v) is 21.9. The van der Waals surface area contributed by atoms with E-state index in [0.29, 0.717) is 25.9 Å². The lowest BCUT2D eigenvalue weighted by atomic mass is 9.83. The molecule has 0 bridgehead atoms. The molecule has 0 unspecified atom stereocenters. The number of nitrogens with zero attached hydrogens (tertiary/aromatic N) is 1. The average Bonchev–Trinajstić information content (AvgIpc) is 2.95. The summed E-state index contributed by atoms with van der Waals surface area (Å²) >= 11 is 0. The normalized spacial score (nSPS) is 15.1. The first-order chi connectivity index (χ1) is 17.6. The zero-order valence-electron chi connectivity index (χ0n) is 21.9. The number of benzene rings is 3. The van der Waals surface area contributed by atoms with Crippen molar-refractivity contribution in [1.29, 1.82) is 0 Å². The molecule has 0 aromatic heterocycles. The van der Waals surface area contributed by atoms with Crippen LogP contribution in [-0.4, -0.2) is 29.7 Å². The number of likely N-dealkylation sites (tertiary alicyclic amines) is 1. The van der Waals surface area contributed by atoms with Gasteiger partial charge in [0.2, 0.25) is 0 Å². The number of anilines is 1. The highest BCUT2D eigenvalue weighted by atomic mass is 16.6. The zero-order chi connectivity index (χ0) is 26.0. The monoisotopic (exact) mass is 486 g/mol. The van der Waals surface area contributed by atoms with Crippen LogP contribution in [0.15, 0.2) is 84.9 Å². The minimum Gasteiger partial charge on any atom is -0.482 e. The van der Waals surface area contributed by atoms with Crippen molar-refractivity contribution in [3.63, 3.8) is 0 Å². The number of carbonyl (C=O) groups is 1. The van der Waals surface area contributed by atoms with Crippen molar-refractivity contribution >= 4 is 17.4 Å². The van der Waals surface area contributed by atoms with Crippen LogP contribution in [0.1, 0.15) is 57.2 Å². The van der Waals surface area contributed by atoms with E-state index >= 15 is 0 Å². The number of rotatable bonds is 3. The second-order valence-corrected chi connectivity index (χ2v) is 8.37. The maximum atomic E-state index is 12.6. The summed E-state index contributed by atoms with van der Waals surface area (Å²) in [6.07, 6.45) is 3.37. The Balaban J connectivity index is 0.000000861. The summed E-state index contributed by atoms with van der Waals surface area (Å²) < 4.78 is 12.0. The fourth-order valence-corrected chi connectivity index (χ4v) is 4.39. The molecular formula is C31H38N2O3. The molecule has 2 heterocycles. The predicted molar refractivity (Wildman–Crippen MR) is 148 cm³/mol. The molecule has 190 valence electrons. The van der Waals surface area contributed by atoms with Gasteiger partial charge in [-0.25, -0.2) is 4.79 Å². The van der Waals surface area contributed by atoms with Crippen LogP contribution in [0.2, 0.25) is 0 Å².